The van der Waals surface area contributed by atoms with Crippen LogP contribution in [0.3, 0.4) is 0 Å². The number of hydrogen-bond donors (Lipinski definition) is 1. The molecule has 0 unspecified atom stereocenters. The van der Waals surface area contributed by atoms with Crippen molar-refractivity contribution in [2.45, 2.75) is 6.54 Å². The number of carbonyl (C=O) groups is 1. The van der Waals surface area contributed by atoms with Crippen molar-refractivity contribution in [1.82, 2.24) is 15.2 Å². The second kappa shape index (κ2) is 8.42. The average Bonchev–Trinajstić information content (AvgIpc) is 3.24. The Hall–Kier alpha value is -2.56. The highest BCUT2D eigenvalue weighted by atomic mass is 79.9. The zero-order valence-electron chi connectivity index (χ0n) is 13.5. The molecule has 0 bridgehead atoms. The second-order valence-electron chi connectivity index (χ2n) is 5.28. The van der Waals surface area contributed by atoms with Crippen molar-refractivity contribution in [3.63, 3.8) is 0 Å². The van der Waals surface area contributed by atoms with Gasteiger partial charge in [-0.15, -0.1) is 0 Å². The number of nitrogens with zero attached hydrogens (tertiary/aromatic N) is 4. The maximum atomic E-state index is 12.2. The van der Waals surface area contributed by atoms with Crippen LogP contribution in [0.4, 0.5) is 5.00 Å². The summed E-state index contributed by atoms with van der Waals surface area (Å²) in [5, 5.41) is 19.4. The largest absolute Gasteiger partial charge is 0.324 e. The van der Waals surface area contributed by atoms with E-state index >= 15 is 0 Å². The van der Waals surface area contributed by atoms with Crippen molar-refractivity contribution < 1.29 is 9.72 Å². The number of benzene rings is 1. The topological polar surface area (TPSA) is 102 Å². The van der Waals surface area contributed by atoms with E-state index in [2.05, 4.69) is 31.6 Å². The fourth-order valence-corrected chi connectivity index (χ4v) is 3.44. The number of rotatable bonds is 6. The first-order valence-electron chi connectivity index (χ1n) is 7.47. The van der Waals surface area contributed by atoms with Crippen molar-refractivity contribution in [1.29, 1.82) is 0 Å². The lowest BCUT2D eigenvalue weighted by molar-refractivity contribution is -0.380. The molecule has 0 fully saturated rings. The Balaban J connectivity index is 1.64. The number of nitro groups is 1. The summed E-state index contributed by atoms with van der Waals surface area (Å²) >= 11 is 10.1. The van der Waals surface area contributed by atoms with E-state index in [9.17, 15) is 14.9 Å². The molecule has 0 aliphatic carbocycles. The molecule has 0 spiro atoms. The Kier molecular flexibility index (Phi) is 5.99. The molecule has 0 aliphatic heterocycles. The molecule has 11 heteroatoms. The molecule has 27 heavy (non-hydrogen) atoms. The minimum absolute atomic E-state index is 0.00598. The van der Waals surface area contributed by atoms with Crippen LogP contribution >= 0.6 is 38.9 Å². The second-order valence-corrected chi connectivity index (χ2v) is 7.67. The van der Waals surface area contributed by atoms with E-state index < -0.39 is 10.8 Å². The van der Waals surface area contributed by atoms with E-state index in [1.807, 2.05) is 12.1 Å². The van der Waals surface area contributed by atoms with E-state index in [-0.39, 0.29) is 10.7 Å². The molecule has 0 atom stereocenters. The summed E-state index contributed by atoms with van der Waals surface area (Å²) in [5.41, 5.74) is 3.52. The summed E-state index contributed by atoms with van der Waals surface area (Å²) < 4.78 is 2.14. The molecule has 0 aliphatic rings. The fraction of sp³-hybridized carbons (Fsp3) is 0.0625. The summed E-state index contributed by atoms with van der Waals surface area (Å²) in [4.78, 5) is 22.9. The molecule has 2 aromatic heterocycles. The summed E-state index contributed by atoms with van der Waals surface area (Å²) in [6.07, 6.45) is 3.03. The van der Waals surface area contributed by atoms with Crippen molar-refractivity contribution in [3.8, 4) is 0 Å². The Labute approximate surface area is 170 Å². The first kappa shape index (κ1) is 19.2. The van der Waals surface area contributed by atoms with Crippen molar-refractivity contribution in [3.05, 3.63) is 78.3 Å². The molecule has 3 rings (SSSR count). The summed E-state index contributed by atoms with van der Waals surface area (Å²) in [6, 6.07) is 10.3. The quantitative estimate of drug-likeness (QED) is 0.334. The normalized spacial score (nSPS) is 11.0. The third kappa shape index (κ3) is 5.00. The SMILES string of the molecule is O=C(N/N=C/c1ccc([N+](=O)[O-])s1)c1nn(Cc2ccc(Cl)cc2)cc1Br. The standard InChI is InChI=1S/C16H11BrClN5O3S/c17-13-9-22(8-10-1-3-11(18)4-2-10)21-15(13)16(24)20-19-7-12-5-6-14(27-12)23(25)26/h1-7,9H,8H2,(H,20,24)/b19-7+. The lowest BCUT2D eigenvalue weighted by atomic mass is 10.2. The molecular weight excluding hydrogens is 458 g/mol. The first-order chi connectivity index (χ1) is 12.9. The van der Waals surface area contributed by atoms with Gasteiger partial charge in [0, 0.05) is 17.3 Å². The fourth-order valence-electron chi connectivity index (χ4n) is 2.13. The first-order valence-corrected chi connectivity index (χ1v) is 9.46. The average molecular weight is 469 g/mol. The Bertz CT molecular complexity index is 1020. The number of hydrogen-bond acceptors (Lipinski definition) is 6. The minimum Gasteiger partial charge on any atom is -0.266 e. The van der Waals surface area contributed by atoms with Crippen LogP contribution in [0.15, 0.2) is 52.2 Å². The van der Waals surface area contributed by atoms with Gasteiger partial charge in [-0.2, -0.15) is 10.2 Å². The number of aromatic nitrogens is 2. The highest BCUT2D eigenvalue weighted by Gasteiger charge is 2.15. The highest BCUT2D eigenvalue weighted by Crippen LogP contribution is 2.22. The van der Waals surface area contributed by atoms with Gasteiger partial charge in [-0.3, -0.25) is 19.6 Å². The van der Waals surface area contributed by atoms with Crippen LogP contribution in [0.5, 0.6) is 0 Å². The van der Waals surface area contributed by atoms with Crippen molar-refractivity contribution >= 4 is 56.0 Å². The predicted octanol–water partition coefficient (Wildman–Crippen LogP) is 4.08. The molecule has 1 aromatic carbocycles. The highest BCUT2D eigenvalue weighted by molar-refractivity contribution is 9.10. The molecule has 2 heterocycles. The van der Waals surface area contributed by atoms with Gasteiger partial charge in [0.05, 0.1) is 27.0 Å². The van der Waals surface area contributed by atoms with E-state index in [0.717, 1.165) is 16.9 Å². The number of amides is 1. The summed E-state index contributed by atoms with van der Waals surface area (Å²) in [7, 11) is 0. The van der Waals surface area contributed by atoms with Gasteiger partial charge >= 0.3 is 5.00 Å². The van der Waals surface area contributed by atoms with Crippen LogP contribution in [-0.2, 0) is 6.54 Å². The van der Waals surface area contributed by atoms with Crippen LogP contribution in [0.2, 0.25) is 5.02 Å². The van der Waals surface area contributed by atoms with E-state index in [1.54, 1.807) is 29.1 Å². The Morgan fingerprint density at radius 1 is 1.37 bits per heavy atom. The van der Waals surface area contributed by atoms with E-state index in [1.165, 1.54) is 12.3 Å². The smallest absolute Gasteiger partial charge is 0.266 e. The van der Waals surface area contributed by atoms with Gasteiger partial charge in [0.1, 0.15) is 0 Å². The molecule has 1 amide bonds. The third-order valence-corrected chi connectivity index (χ3v) is 5.14. The maximum absolute atomic E-state index is 12.2. The monoisotopic (exact) mass is 467 g/mol. The zero-order chi connectivity index (χ0) is 19.4. The van der Waals surface area contributed by atoms with Gasteiger partial charge in [0.25, 0.3) is 5.91 Å². The van der Waals surface area contributed by atoms with E-state index in [0.29, 0.717) is 20.9 Å². The van der Waals surface area contributed by atoms with Gasteiger partial charge in [-0.1, -0.05) is 35.1 Å². The lowest BCUT2D eigenvalue weighted by Gasteiger charge is -2.01. The number of halogens is 2. The number of carbonyl (C=O) groups excluding carboxylic acids is 1. The minimum atomic E-state index is -0.501. The predicted molar refractivity (Wildman–Crippen MR) is 107 cm³/mol. The van der Waals surface area contributed by atoms with Crippen LogP contribution in [0.25, 0.3) is 0 Å². The Morgan fingerprint density at radius 3 is 2.78 bits per heavy atom. The molecular formula is C16H11BrClN5O3S. The zero-order valence-corrected chi connectivity index (χ0v) is 16.7. The van der Waals surface area contributed by atoms with Crippen molar-refractivity contribution in [2.24, 2.45) is 5.10 Å². The van der Waals surface area contributed by atoms with Gasteiger partial charge in [0.15, 0.2) is 5.69 Å². The van der Waals surface area contributed by atoms with Crippen LogP contribution in [0.1, 0.15) is 20.9 Å². The molecule has 8 nitrogen and oxygen atoms in total. The summed E-state index contributed by atoms with van der Waals surface area (Å²) in [5.74, 6) is -0.501. The lowest BCUT2D eigenvalue weighted by Crippen LogP contribution is -2.19. The number of hydrazone groups is 1. The maximum Gasteiger partial charge on any atom is 0.324 e. The molecule has 0 saturated heterocycles. The molecule has 3 aromatic rings. The van der Waals surface area contributed by atoms with Gasteiger partial charge < -0.3 is 0 Å². The van der Waals surface area contributed by atoms with Crippen LogP contribution in [0, 0.1) is 10.1 Å². The molecule has 0 radical (unpaired) electrons. The van der Waals surface area contributed by atoms with Crippen LogP contribution in [-0.4, -0.2) is 26.8 Å². The third-order valence-electron chi connectivity index (χ3n) is 3.34. The van der Waals surface area contributed by atoms with Crippen LogP contribution < -0.4 is 5.43 Å². The van der Waals surface area contributed by atoms with E-state index in [4.69, 9.17) is 11.6 Å². The van der Waals surface area contributed by atoms with Crippen molar-refractivity contribution in [2.75, 3.05) is 0 Å². The van der Waals surface area contributed by atoms with Gasteiger partial charge in [-0.25, -0.2) is 5.43 Å². The molecule has 138 valence electrons. The van der Waals surface area contributed by atoms with Gasteiger partial charge in [-0.05, 0) is 39.7 Å². The molecule has 1 N–H and O–H groups in total. The molecule has 0 saturated carbocycles. The number of nitrogens with one attached hydrogen (secondary N) is 1. The number of thiophene rings is 1. The summed E-state index contributed by atoms with van der Waals surface area (Å²) in [6.45, 7) is 0.477. The Morgan fingerprint density at radius 2 is 2.11 bits per heavy atom. The van der Waals surface area contributed by atoms with Gasteiger partial charge in [0.2, 0.25) is 0 Å².